The second-order valence-corrected chi connectivity index (χ2v) is 11.8. The van der Waals surface area contributed by atoms with Crippen LogP contribution in [0.5, 0.6) is 11.5 Å². The molecular formula is C35H38Cl2O14. The summed E-state index contributed by atoms with van der Waals surface area (Å²) in [6.07, 6.45) is 1.94. The fourth-order valence-corrected chi connectivity index (χ4v) is 4.97. The normalized spacial score (nSPS) is 15.0. The molecule has 0 aromatic heterocycles. The van der Waals surface area contributed by atoms with Crippen molar-refractivity contribution in [3.05, 3.63) is 70.2 Å². The molecule has 0 N–H and O–H groups in total. The molecule has 0 atom stereocenters. The summed E-state index contributed by atoms with van der Waals surface area (Å²) in [6.45, 7) is 5.08. The van der Waals surface area contributed by atoms with Crippen molar-refractivity contribution in [3.8, 4) is 11.5 Å². The quantitative estimate of drug-likeness (QED) is 0.0521. The van der Waals surface area contributed by atoms with Crippen LogP contribution in [0.2, 0.25) is 10.0 Å². The van der Waals surface area contributed by atoms with E-state index in [9.17, 15) is 28.8 Å². The Morgan fingerprint density at radius 3 is 1.41 bits per heavy atom. The molecule has 0 bridgehead atoms. The summed E-state index contributed by atoms with van der Waals surface area (Å²) in [5, 5.41) is 0.00137. The van der Waals surface area contributed by atoms with Gasteiger partial charge >= 0.3 is 36.2 Å². The molecule has 1 saturated carbocycles. The molecule has 1 aliphatic carbocycles. The van der Waals surface area contributed by atoms with Gasteiger partial charge in [0.05, 0.1) is 47.6 Å². The molecule has 3 rings (SSSR count). The van der Waals surface area contributed by atoms with Crippen LogP contribution in [0.25, 0.3) is 0 Å². The summed E-state index contributed by atoms with van der Waals surface area (Å²) in [7, 11) is 0. The van der Waals surface area contributed by atoms with Crippen LogP contribution in [-0.2, 0) is 38.0 Å². The van der Waals surface area contributed by atoms with Gasteiger partial charge in [0.15, 0.2) is 11.5 Å². The van der Waals surface area contributed by atoms with Crippen LogP contribution in [0.15, 0.2) is 49.1 Å². The number of rotatable bonds is 17. The van der Waals surface area contributed by atoms with E-state index in [1.54, 1.807) is 0 Å². The van der Waals surface area contributed by atoms with Crippen LogP contribution in [0, 0.1) is 0 Å². The van der Waals surface area contributed by atoms with Crippen molar-refractivity contribution in [2.24, 2.45) is 0 Å². The van der Waals surface area contributed by atoms with Crippen molar-refractivity contribution >= 4 is 59.4 Å². The van der Waals surface area contributed by atoms with Crippen LogP contribution in [-0.4, -0.2) is 74.8 Å². The Balaban J connectivity index is 1.36. The summed E-state index contributed by atoms with van der Waals surface area (Å²) in [5.74, 6) is -2.17. The molecule has 1 aliphatic rings. The predicted molar refractivity (Wildman–Crippen MR) is 180 cm³/mol. The van der Waals surface area contributed by atoms with Crippen LogP contribution >= 0.6 is 23.2 Å². The zero-order chi connectivity index (χ0) is 37.2. The molecule has 0 aliphatic heterocycles. The lowest BCUT2D eigenvalue weighted by molar-refractivity contribution is -0.141. The van der Waals surface area contributed by atoms with Gasteiger partial charge in [0.2, 0.25) is 0 Å². The van der Waals surface area contributed by atoms with E-state index in [0.29, 0.717) is 51.4 Å². The largest absolute Gasteiger partial charge is 0.513 e. The highest BCUT2D eigenvalue weighted by molar-refractivity contribution is 6.32. The lowest BCUT2D eigenvalue weighted by Gasteiger charge is -2.28. The van der Waals surface area contributed by atoms with E-state index in [4.69, 9.17) is 61.1 Å². The smallest absolute Gasteiger partial charge is 0.466 e. The summed E-state index contributed by atoms with van der Waals surface area (Å²) >= 11 is 12.4. The van der Waals surface area contributed by atoms with Crippen molar-refractivity contribution in [3.63, 3.8) is 0 Å². The van der Waals surface area contributed by atoms with Crippen LogP contribution in [0.1, 0.15) is 79.0 Å². The fourth-order valence-electron chi connectivity index (χ4n) is 4.53. The highest BCUT2D eigenvalue weighted by Gasteiger charge is 2.28. The Morgan fingerprint density at radius 1 is 0.647 bits per heavy atom. The number of esters is 4. The highest BCUT2D eigenvalue weighted by Crippen LogP contribution is 2.30. The van der Waals surface area contributed by atoms with Gasteiger partial charge in [0.25, 0.3) is 0 Å². The summed E-state index contributed by atoms with van der Waals surface area (Å²) < 4.78 is 41.0. The van der Waals surface area contributed by atoms with Gasteiger partial charge in [-0.2, -0.15) is 0 Å². The molecule has 16 heteroatoms. The zero-order valence-corrected chi connectivity index (χ0v) is 29.4. The van der Waals surface area contributed by atoms with Crippen molar-refractivity contribution in [2.75, 3.05) is 26.4 Å². The first-order valence-corrected chi connectivity index (χ1v) is 16.8. The lowest BCUT2D eigenvalue weighted by Crippen LogP contribution is -2.29. The first-order chi connectivity index (χ1) is 24.4. The lowest BCUT2D eigenvalue weighted by atomic mass is 9.95. The van der Waals surface area contributed by atoms with Gasteiger partial charge in [0, 0.05) is 13.0 Å². The monoisotopic (exact) mass is 752 g/mol. The third kappa shape index (κ3) is 14.9. The number of benzene rings is 2. The molecule has 0 saturated heterocycles. The predicted octanol–water partition coefficient (Wildman–Crippen LogP) is 7.20. The second kappa shape index (κ2) is 21.4. The molecule has 0 heterocycles. The maximum atomic E-state index is 12.8. The van der Waals surface area contributed by atoms with Crippen molar-refractivity contribution < 1.29 is 66.7 Å². The third-order valence-electron chi connectivity index (χ3n) is 7.12. The molecule has 276 valence electrons. The van der Waals surface area contributed by atoms with Gasteiger partial charge < -0.3 is 37.9 Å². The molecule has 0 radical (unpaired) electrons. The van der Waals surface area contributed by atoms with Crippen molar-refractivity contribution in [2.45, 2.75) is 70.5 Å². The second-order valence-electron chi connectivity index (χ2n) is 11.0. The van der Waals surface area contributed by atoms with E-state index in [0.717, 1.165) is 6.08 Å². The van der Waals surface area contributed by atoms with Gasteiger partial charge in [-0.25, -0.2) is 24.0 Å². The van der Waals surface area contributed by atoms with E-state index >= 15 is 0 Å². The molecule has 0 amide bonds. The van der Waals surface area contributed by atoms with Crippen LogP contribution < -0.4 is 9.47 Å². The van der Waals surface area contributed by atoms with Gasteiger partial charge in [-0.1, -0.05) is 29.8 Å². The van der Waals surface area contributed by atoms with E-state index in [2.05, 4.69) is 6.58 Å². The number of carbonyl (C=O) groups excluding carboxylic acids is 6. The minimum atomic E-state index is -0.984. The Bertz CT molecular complexity index is 1550. The minimum Gasteiger partial charge on any atom is -0.466 e. The Hall–Kier alpha value is -4.82. The van der Waals surface area contributed by atoms with E-state index in [-0.39, 0.29) is 65.1 Å². The Morgan fingerprint density at radius 2 is 1.04 bits per heavy atom. The summed E-state index contributed by atoms with van der Waals surface area (Å²) in [4.78, 5) is 71.2. The molecular weight excluding hydrogens is 715 g/mol. The highest BCUT2D eigenvalue weighted by atomic mass is 35.5. The number of halogens is 2. The van der Waals surface area contributed by atoms with Gasteiger partial charge in [-0.15, -0.1) is 0 Å². The molecule has 2 aromatic rings. The summed E-state index contributed by atoms with van der Waals surface area (Å²) in [6, 6.07) is 8.14. The van der Waals surface area contributed by atoms with E-state index in [1.807, 2.05) is 0 Å². The number of hydrogen-bond donors (Lipinski definition) is 0. The SMILES string of the molecule is C=CC(=O)OCCCCOC(=O)Oc1ccc(C(=O)OC2CCC(OC(=O)c3ccc(OC(=O)OCCCCOC(C)=O)c(Cl)c3)CC2)cc1Cl. The van der Waals surface area contributed by atoms with Gasteiger partial charge in [-0.3, -0.25) is 4.79 Å². The average molecular weight is 754 g/mol. The Labute approximate surface area is 304 Å². The van der Waals surface area contributed by atoms with Gasteiger partial charge in [0.1, 0.15) is 12.2 Å². The maximum absolute atomic E-state index is 12.8. The number of ether oxygens (including phenoxy) is 8. The molecule has 14 nitrogen and oxygen atoms in total. The molecule has 0 unspecified atom stereocenters. The third-order valence-corrected chi connectivity index (χ3v) is 7.71. The number of carbonyl (C=O) groups is 6. The molecule has 51 heavy (non-hydrogen) atoms. The first kappa shape index (κ1) is 40.6. The van der Waals surface area contributed by atoms with Gasteiger partial charge in [-0.05, 0) is 87.8 Å². The molecule has 2 aromatic carbocycles. The van der Waals surface area contributed by atoms with Crippen molar-refractivity contribution in [1.82, 2.24) is 0 Å². The van der Waals surface area contributed by atoms with Crippen LogP contribution in [0.4, 0.5) is 9.59 Å². The maximum Gasteiger partial charge on any atom is 0.513 e. The van der Waals surface area contributed by atoms with E-state index < -0.39 is 42.4 Å². The first-order valence-electron chi connectivity index (χ1n) is 16.1. The average Bonchev–Trinajstić information content (AvgIpc) is 3.10. The number of unbranched alkanes of at least 4 members (excludes halogenated alkanes) is 2. The minimum absolute atomic E-state index is 0.000348. The molecule has 0 spiro atoms. The van der Waals surface area contributed by atoms with Crippen LogP contribution in [0.3, 0.4) is 0 Å². The topological polar surface area (TPSA) is 176 Å². The van der Waals surface area contributed by atoms with E-state index in [1.165, 1.54) is 43.3 Å². The molecule has 1 fully saturated rings. The number of hydrogen-bond acceptors (Lipinski definition) is 14. The summed E-state index contributed by atoms with van der Waals surface area (Å²) in [5.41, 5.74) is 0.304. The standard InChI is InChI=1S/C35H38Cl2O14/c1-3-31(39)45-17-5-7-19-47-35(43)51-30-15-9-24(21-28(30)37)33(41)49-26-12-10-25(11-13-26)48-32(40)23-8-14-29(27(36)20-23)50-34(42)46-18-6-4-16-44-22(2)38/h3,8-9,14-15,20-21,25-26H,1,4-7,10-13,16-19H2,2H3. The zero-order valence-electron chi connectivity index (χ0n) is 27.9. The Kier molecular flexibility index (Phi) is 17.0. The van der Waals surface area contributed by atoms with Crippen molar-refractivity contribution in [1.29, 1.82) is 0 Å². The fraction of sp³-hybridized carbons (Fsp3) is 0.429.